The first-order valence-electron chi connectivity index (χ1n) is 2.98. The van der Waals surface area contributed by atoms with Crippen molar-refractivity contribution >= 4 is 32.9 Å². The van der Waals surface area contributed by atoms with E-state index in [1.165, 1.54) is 12.1 Å². The number of phenolic OH excluding ortho intramolecular Hbond substituents is 1. The monoisotopic (exact) mass is 142 g/mol. The molecule has 1 aromatic carbocycles. The summed E-state index contributed by atoms with van der Waals surface area (Å²) in [5.74, 6) is -0.171. The SMILES string of the molecule is [B]c1cc(C=O)cc([B])c1O. The third-order valence-electron chi connectivity index (χ3n) is 1.33. The average molecular weight is 142 g/mol. The van der Waals surface area contributed by atoms with Gasteiger partial charge in [0.2, 0.25) is 0 Å². The van der Waals surface area contributed by atoms with E-state index in [0.29, 0.717) is 11.8 Å². The van der Waals surface area contributed by atoms with E-state index in [4.69, 9.17) is 20.8 Å². The number of hydrogen-bond acceptors (Lipinski definition) is 2. The molecule has 0 aromatic heterocycles. The highest BCUT2D eigenvalue weighted by molar-refractivity contribution is 6.41. The predicted octanol–water partition coefficient (Wildman–Crippen LogP) is -1.21. The minimum absolute atomic E-state index is 0.118. The zero-order chi connectivity index (χ0) is 8.43. The predicted molar refractivity (Wildman–Crippen MR) is 44.3 cm³/mol. The molecule has 0 aliphatic rings. The number of carbonyl (C=O) groups excluding carboxylic acids is 1. The third-order valence-corrected chi connectivity index (χ3v) is 1.33. The molecule has 2 nitrogen and oxygen atoms in total. The van der Waals surface area contributed by atoms with Gasteiger partial charge in [-0.2, -0.15) is 0 Å². The van der Waals surface area contributed by atoms with Crippen molar-refractivity contribution in [3.63, 3.8) is 0 Å². The van der Waals surface area contributed by atoms with Gasteiger partial charge >= 0.3 is 0 Å². The van der Waals surface area contributed by atoms with Gasteiger partial charge in [-0.05, 0) is 0 Å². The maximum absolute atomic E-state index is 10.2. The lowest BCUT2D eigenvalue weighted by Gasteiger charge is -2.03. The van der Waals surface area contributed by atoms with Crippen molar-refractivity contribution in [3.05, 3.63) is 17.7 Å². The lowest BCUT2D eigenvalue weighted by Crippen LogP contribution is -2.16. The Kier molecular flexibility index (Phi) is 2.03. The quantitative estimate of drug-likeness (QED) is 0.394. The van der Waals surface area contributed by atoms with Gasteiger partial charge in [-0.25, -0.2) is 0 Å². The Morgan fingerprint density at radius 1 is 1.27 bits per heavy atom. The van der Waals surface area contributed by atoms with Crippen LogP contribution in [0.3, 0.4) is 0 Å². The Hall–Kier alpha value is -1.18. The van der Waals surface area contributed by atoms with Crippen LogP contribution >= 0.6 is 0 Å². The second-order valence-corrected chi connectivity index (χ2v) is 2.17. The second-order valence-electron chi connectivity index (χ2n) is 2.17. The summed E-state index contributed by atoms with van der Waals surface area (Å²) >= 11 is 0. The molecule has 1 N–H and O–H groups in total. The molecular formula is C7H4B2O2. The first kappa shape index (κ1) is 7.92. The normalized spacial score (nSPS) is 9.45. The minimum atomic E-state index is -0.171. The van der Waals surface area contributed by atoms with Gasteiger partial charge in [0.25, 0.3) is 0 Å². The smallest absolute Gasteiger partial charge is 0.150 e. The van der Waals surface area contributed by atoms with Crippen LogP contribution in [0.15, 0.2) is 12.1 Å². The molecule has 0 spiro atoms. The molecule has 0 aliphatic heterocycles. The Labute approximate surface area is 67.1 Å². The summed E-state index contributed by atoms with van der Waals surface area (Å²) in [5.41, 5.74) is 0.594. The molecular weight excluding hydrogens is 138 g/mol. The fourth-order valence-electron chi connectivity index (χ4n) is 0.772. The summed E-state index contributed by atoms with van der Waals surface area (Å²) in [5, 5.41) is 9.06. The van der Waals surface area contributed by atoms with Crippen LogP contribution in [0.25, 0.3) is 0 Å². The summed E-state index contributed by atoms with van der Waals surface area (Å²) in [4.78, 5) is 10.2. The first-order valence-corrected chi connectivity index (χ1v) is 2.98. The topological polar surface area (TPSA) is 37.3 Å². The molecule has 11 heavy (non-hydrogen) atoms. The van der Waals surface area contributed by atoms with Gasteiger partial charge in [0, 0.05) is 5.56 Å². The summed E-state index contributed by atoms with van der Waals surface area (Å²) in [7, 11) is 10.6. The van der Waals surface area contributed by atoms with Crippen molar-refractivity contribution in [1.82, 2.24) is 0 Å². The Bertz CT molecular complexity index is 273. The maximum Gasteiger partial charge on any atom is 0.150 e. The maximum atomic E-state index is 10.2. The summed E-state index contributed by atoms with van der Waals surface area (Å²) in [6.07, 6.45) is 0.617. The summed E-state index contributed by atoms with van der Waals surface area (Å²) in [6.45, 7) is 0. The zero-order valence-electron chi connectivity index (χ0n) is 5.74. The van der Waals surface area contributed by atoms with E-state index in [0.717, 1.165) is 0 Å². The fraction of sp³-hybridized carbons (Fsp3) is 0. The van der Waals surface area contributed by atoms with Crippen molar-refractivity contribution in [2.24, 2.45) is 0 Å². The molecule has 1 aromatic rings. The molecule has 0 saturated carbocycles. The number of rotatable bonds is 1. The Morgan fingerprint density at radius 2 is 1.73 bits per heavy atom. The van der Waals surface area contributed by atoms with E-state index in [9.17, 15) is 4.79 Å². The van der Waals surface area contributed by atoms with Gasteiger partial charge in [0.05, 0.1) is 0 Å². The summed E-state index contributed by atoms with van der Waals surface area (Å²) < 4.78 is 0. The van der Waals surface area contributed by atoms with Crippen LogP contribution < -0.4 is 10.9 Å². The van der Waals surface area contributed by atoms with Gasteiger partial charge in [0.15, 0.2) is 0 Å². The molecule has 0 heterocycles. The molecule has 0 amide bonds. The van der Waals surface area contributed by atoms with E-state index >= 15 is 0 Å². The fourth-order valence-corrected chi connectivity index (χ4v) is 0.772. The molecule has 0 aliphatic carbocycles. The van der Waals surface area contributed by atoms with Crippen LogP contribution in [-0.4, -0.2) is 27.1 Å². The van der Waals surface area contributed by atoms with Crippen LogP contribution in [0, 0.1) is 0 Å². The highest BCUT2D eigenvalue weighted by Gasteiger charge is 2.00. The molecule has 4 heteroatoms. The molecule has 4 radical (unpaired) electrons. The molecule has 0 unspecified atom stereocenters. The molecule has 0 bridgehead atoms. The van der Waals surface area contributed by atoms with Crippen molar-refractivity contribution in [2.45, 2.75) is 0 Å². The van der Waals surface area contributed by atoms with Crippen LogP contribution in [0.4, 0.5) is 0 Å². The van der Waals surface area contributed by atoms with Crippen molar-refractivity contribution in [3.8, 4) is 5.75 Å². The minimum Gasteiger partial charge on any atom is -0.509 e. The van der Waals surface area contributed by atoms with Crippen molar-refractivity contribution < 1.29 is 9.90 Å². The van der Waals surface area contributed by atoms with Crippen LogP contribution in [0.5, 0.6) is 5.75 Å². The number of phenols is 1. The molecule has 0 fully saturated rings. The van der Waals surface area contributed by atoms with Crippen molar-refractivity contribution in [2.75, 3.05) is 0 Å². The average Bonchev–Trinajstić information content (AvgIpc) is 1.99. The lowest BCUT2D eigenvalue weighted by molar-refractivity contribution is 0.112. The Morgan fingerprint density at radius 3 is 2.09 bits per heavy atom. The van der Waals surface area contributed by atoms with Crippen LogP contribution in [0.1, 0.15) is 10.4 Å². The number of carbonyl (C=O) groups is 1. The number of hydrogen-bond donors (Lipinski definition) is 1. The first-order chi connectivity index (χ1) is 5.15. The lowest BCUT2D eigenvalue weighted by atomic mass is 9.84. The van der Waals surface area contributed by atoms with E-state index in [1.54, 1.807) is 0 Å². The molecule has 50 valence electrons. The number of aldehydes is 1. The van der Waals surface area contributed by atoms with E-state index in [1.807, 2.05) is 0 Å². The zero-order valence-corrected chi connectivity index (χ0v) is 5.74. The van der Waals surface area contributed by atoms with Crippen molar-refractivity contribution in [1.29, 1.82) is 0 Å². The van der Waals surface area contributed by atoms with E-state index < -0.39 is 0 Å². The number of aromatic hydroxyl groups is 1. The van der Waals surface area contributed by atoms with Gasteiger partial charge in [-0.1, -0.05) is 23.1 Å². The molecule has 0 saturated heterocycles. The Balaban J connectivity index is 3.31. The van der Waals surface area contributed by atoms with Gasteiger partial charge in [-0.15, -0.1) is 0 Å². The van der Waals surface area contributed by atoms with Gasteiger partial charge in [0.1, 0.15) is 27.7 Å². The van der Waals surface area contributed by atoms with E-state index in [2.05, 4.69) is 0 Å². The summed E-state index contributed by atoms with van der Waals surface area (Å²) in [6, 6.07) is 2.72. The van der Waals surface area contributed by atoms with Crippen LogP contribution in [-0.2, 0) is 0 Å². The molecule has 0 atom stereocenters. The third kappa shape index (κ3) is 1.45. The largest absolute Gasteiger partial charge is 0.509 e. The van der Waals surface area contributed by atoms with Crippen LogP contribution in [0.2, 0.25) is 0 Å². The highest BCUT2D eigenvalue weighted by Crippen LogP contribution is 2.00. The van der Waals surface area contributed by atoms with Gasteiger partial charge in [-0.3, -0.25) is 4.79 Å². The highest BCUT2D eigenvalue weighted by atomic mass is 16.3. The number of benzene rings is 1. The second kappa shape index (κ2) is 2.82. The molecule has 1 rings (SSSR count). The van der Waals surface area contributed by atoms with Gasteiger partial charge < -0.3 is 5.11 Å². The standard InChI is InChI=1S/C7H4B2O2/c8-5-1-4(3-10)2-6(9)7(5)11/h1-3,11H. The van der Waals surface area contributed by atoms with E-state index in [-0.39, 0.29) is 16.7 Å².